The zero-order valence-corrected chi connectivity index (χ0v) is 18.4. The van der Waals surface area contributed by atoms with Gasteiger partial charge < -0.3 is 19.8 Å². The number of rotatable bonds is 9. The van der Waals surface area contributed by atoms with Crippen LogP contribution in [0, 0.1) is 5.41 Å². The molecule has 13 heteroatoms. The molecule has 1 aliphatic rings. The molecule has 1 fully saturated rings. The van der Waals surface area contributed by atoms with E-state index in [-0.39, 0.29) is 17.3 Å². The summed E-state index contributed by atoms with van der Waals surface area (Å²) in [5, 5.41) is 0. The van der Waals surface area contributed by atoms with Gasteiger partial charge in [0.2, 0.25) is 6.79 Å². The van der Waals surface area contributed by atoms with E-state index in [0.29, 0.717) is 24.1 Å². The third kappa shape index (κ3) is 4.89. The number of carbonyl (C=O) groups is 1. The van der Waals surface area contributed by atoms with Crippen LogP contribution >= 0.6 is 7.60 Å². The molecule has 3 rings (SSSR count). The molecular weight excluding hydrogens is 417 g/mol. The maximum Gasteiger partial charge on any atom is 0.510 e. The van der Waals surface area contributed by atoms with Crippen molar-refractivity contribution in [3.05, 3.63) is 12.7 Å². The highest BCUT2D eigenvalue weighted by molar-refractivity contribution is 7.52. The lowest BCUT2D eigenvalue weighted by Gasteiger charge is -2.22. The molecule has 0 saturated heterocycles. The van der Waals surface area contributed by atoms with Crippen LogP contribution in [0.5, 0.6) is 0 Å². The molecular formula is C17H26N5O7P. The second kappa shape index (κ2) is 8.10. The molecule has 1 saturated carbocycles. The van der Waals surface area contributed by atoms with Crippen LogP contribution in [0.4, 0.5) is 10.6 Å². The molecule has 0 aromatic carbocycles. The largest absolute Gasteiger partial charge is 0.510 e. The third-order valence-corrected chi connectivity index (χ3v) is 5.74. The maximum absolute atomic E-state index is 12.5. The average molecular weight is 443 g/mol. The summed E-state index contributed by atoms with van der Waals surface area (Å²) in [6, 6.07) is 0. The van der Waals surface area contributed by atoms with Gasteiger partial charge in [-0.3, -0.25) is 9.09 Å². The maximum atomic E-state index is 12.5. The van der Waals surface area contributed by atoms with Crippen LogP contribution in [0.2, 0.25) is 0 Å². The van der Waals surface area contributed by atoms with Gasteiger partial charge in [-0.15, -0.1) is 4.67 Å². The number of anilines is 1. The van der Waals surface area contributed by atoms with Gasteiger partial charge in [0.25, 0.3) is 0 Å². The lowest BCUT2D eigenvalue weighted by molar-refractivity contribution is -0.277. The molecule has 166 valence electrons. The Kier molecular flexibility index (Phi) is 6.06. The topological polar surface area (TPSA) is 150 Å². The molecule has 2 N–H and O–H groups in total. The Bertz CT molecular complexity index is 979. The quantitative estimate of drug-likeness (QED) is 0.200. The van der Waals surface area contributed by atoms with Gasteiger partial charge in [-0.1, -0.05) is 13.8 Å². The van der Waals surface area contributed by atoms with E-state index in [1.165, 1.54) is 13.0 Å². The minimum absolute atomic E-state index is 0.264. The molecule has 30 heavy (non-hydrogen) atoms. The van der Waals surface area contributed by atoms with E-state index >= 15 is 0 Å². The highest BCUT2D eigenvalue weighted by Crippen LogP contribution is 2.61. The first-order valence-electron chi connectivity index (χ1n) is 9.29. The van der Waals surface area contributed by atoms with Crippen molar-refractivity contribution in [3.63, 3.8) is 0 Å². The SMILES string of the molecule is CC(C)OC(=O)OCOP(C)(=O)OOC1(Cn2cnc3c(N)ncnc32)CC1(C)C. The van der Waals surface area contributed by atoms with Crippen LogP contribution in [-0.2, 0) is 34.7 Å². The Balaban J connectivity index is 1.61. The molecule has 12 nitrogen and oxygen atoms in total. The van der Waals surface area contributed by atoms with Crippen LogP contribution < -0.4 is 5.73 Å². The van der Waals surface area contributed by atoms with Gasteiger partial charge in [0, 0.05) is 12.1 Å². The van der Waals surface area contributed by atoms with Gasteiger partial charge in [0.05, 0.1) is 19.0 Å². The van der Waals surface area contributed by atoms with Gasteiger partial charge in [-0.25, -0.2) is 24.6 Å². The van der Waals surface area contributed by atoms with Crippen molar-refractivity contribution in [2.45, 2.75) is 52.4 Å². The minimum atomic E-state index is -3.67. The number of fused-ring (bicyclic) bond motifs is 1. The summed E-state index contributed by atoms with van der Waals surface area (Å²) in [7, 11) is -3.67. The first kappa shape index (κ1) is 22.4. The Labute approximate surface area is 173 Å². The van der Waals surface area contributed by atoms with Crippen molar-refractivity contribution in [1.82, 2.24) is 19.5 Å². The average Bonchev–Trinajstić information content (AvgIpc) is 2.94. The van der Waals surface area contributed by atoms with E-state index in [1.807, 2.05) is 13.8 Å². The number of carbonyl (C=O) groups excluding carboxylic acids is 1. The number of nitrogens with two attached hydrogens (primary N) is 1. The minimum Gasteiger partial charge on any atom is -0.432 e. The number of hydrogen-bond acceptors (Lipinski definition) is 11. The molecule has 1 aliphatic carbocycles. The number of nitrogens with zero attached hydrogens (tertiary/aromatic N) is 4. The second-order valence-electron chi connectivity index (χ2n) is 8.10. The van der Waals surface area contributed by atoms with Crippen molar-refractivity contribution >= 4 is 30.7 Å². The van der Waals surface area contributed by atoms with E-state index in [9.17, 15) is 9.36 Å². The first-order chi connectivity index (χ1) is 13.9. The molecule has 2 unspecified atom stereocenters. The standard InChI is InChI=1S/C17H26N5O7P/c1-11(2)27-15(23)25-10-26-30(5,24)29-28-17(6-16(17,3)4)7-22-9-21-12-13(18)19-8-20-14(12)22/h8-9,11H,6-7,10H2,1-5H3,(H2,18,19,20). The summed E-state index contributed by atoms with van der Waals surface area (Å²) in [5.74, 6) is 0.280. The molecule has 0 bridgehead atoms. The van der Waals surface area contributed by atoms with E-state index in [0.717, 1.165) is 0 Å². The van der Waals surface area contributed by atoms with E-state index in [2.05, 4.69) is 15.0 Å². The lowest BCUT2D eigenvalue weighted by Crippen LogP contribution is -2.27. The first-order valence-corrected chi connectivity index (χ1v) is 11.3. The normalized spacial score (nSPS) is 22.1. The summed E-state index contributed by atoms with van der Waals surface area (Å²) < 4.78 is 33.9. The molecule has 0 spiro atoms. The molecule has 2 atom stereocenters. The fraction of sp³-hybridized carbons (Fsp3) is 0.647. The summed E-state index contributed by atoms with van der Waals surface area (Å²) in [5.41, 5.74) is 5.83. The highest BCUT2D eigenvalue weighted by Gasteiger charge is 2.65. The monoisotopic (exact) mass is 443 g/mol. The van der Waals surface area contributed by atoms with Crippen molar-refractivity contribution in [2.75, 3.05) is 19.2 Å². The predicted molar refractivity (Wildman–Crippen MR) is 105 cm³/mol. The zero-order chi connectivity index (χ0) is 22.2. The van der Waals surface area contributed by atoms with Crippen LogP contribution in [0.3, 0.4) is 0 Å². The zero-order valence-electron chi connectivity index (χ0n) is 17.5. The predicted octanol–water partition coefficient (Wildman–Crippen LogP) is 2.88. The number of aromatic nitrogens is 4. The van der Waals surface area contributed by atoms with Crippen molar-refractivity contribution in [2.24, 2.45) is 5.41 Å². The Morgan fingerprint density at radius 2 is 2.03 bits per heavy atom. The van der Waals surface area contributed by atoms with Crippen molar-refractivity contribution < 1.29 is 32.9 Å². The summed E-state index contributed by atoms with van der Waals surface area (Å²) in [6.45, 7) is 8.28. The van der Waals surface area contributed by atoms with Crippen LogP contribution in [0.15, 0.2) is 12.7 Å². The van der Waals surface area contributed by atoms with Crippen molar-refractivity contribution in [1.29, 1.82) is 0 Å². The highest BCUT2D eigenvalue weighted by atomic mass is 31.2. The van der Waals surface area contributed by atoms with E-state index < -0.39 is 26.1 Å². The number of nitrogen functional groups attached to an aromatic ring is 1. The van der Waals surface area contributed by atoms with Gasteiger partial charge in [-0.05, 0) is 20.3 Å². The van der Waals surface area contributed by atoms with E-state index in [4.69, 9.17) is 29.3 Å². The number of ether oxygens (including phenoxy) is 2. The number of imidazole rings is 1. The molecule has 0 aliphatic heterocycles. The molecule has 2 aromatic heterocycles. The van der Waals surface area contributed by atoms with Gasteiger partial charge in [0.15, 0.2) is 11.5 Å². The van der Waals surface area contributed by atoms with Gasteiger partial charge in [-0.2, -0.15) is 0 Å². The smallest absolute Gasteiger partial charge is 0.432 e. The molecule has 2 aromatic rings. The van der Waals surface area contributed by atoms with Gasteiger partial charge in [0.1, 0.15) is 17.4 Å². The molecule has 0 amide bonds. The Morgan fingerprint density at radius 1 is 1.33 bits per heavy atom. The fourth-order valence-corrected chi connectivity index (χ4v) is 3.52. The second-order valence-corrected chi connectivity index (χ2v) is 10.0. The van der Waals surface area contributed by atoms with Crippen LogP contribution in [-0.4, -0.2) is 50.8 Å². The summed E-state index contributed by atoms with van der Waals surface area (Å²) in [4.78, 5) is 29.3. The molecule has 2 heterocycles. The molecule has 0 radical (unpaired) electrons. The van der Waals surface area contributed by atoms with Crippen molar-refractivity contribution in [3.8, 4) is 0 Å². The summed E-state index contributed by atoms with van der Waals surface area (Å²) >= 11 is 0. The third-order valence-electron chi connectivity index (χ3n) is 4.82. The van der Waals surface area contributed by atoms with Crippen LogP contribution in [0.1, 0.15) is 34.1 Å². The number of hydrogen-bond donors (Lipinski definition) is 1. The Hall–Kier alpha value is -2.27. The Morgan fingerprint density at radius 3 is 2.67 bits per heavy atom. The fourth-order valence-electron chi connectivity index (χ4n) is 2.96. The van der Waals surface area contributed by atoms with E-state index in [1.54, 1.807) is 24.7 Å². The van der Waals surface area contributed by atoms with Crippen LogP contribution in [0.25, 0.3) is 11.2 Å². The van der Waals surface area contributed by atoms with Gasteiger partial charge >= 0.3 is 13.8 Å². The lowest BCUT2D eigenvalue weighted by atomic mass is 10.1. The summed E-state index contributed by atoms with van der Waals surface area (Å²) in [6.07, 6.45) is 2.31.